The summed E-state index contributed by atoms with van der Waals surface area (Å²) in [6.45, 7) is 6.29. The molecule has 27 heavy (non-hydrogen) atoms. The number of carbonyl (C=O) groups is 1. The lowest BCUT2D eigenvalue weighted by Gasteiger charge is -2.09. The molecule has 3 aromatic rings. The fourth-order valence-corrected chi connectivity index (χ4v) is 3.49. The van der Waals surface area contributed by atoms with Crippen LogP contribution in [0.5, 0.6) is 5.75 Å². The predicted octanol–water partition coefficient (Wildman–Crippen LogP) is 5.05. The lowest BCUT2D eigenvalue weighted by atomic mass is 9.99. The quantitative estimate of drug-likeness (QED) is 0.444. The Hall–Kier alpha value is -2.66. The highest BCUT2D eigenvalue weighted by Crippen LogP contribution is 2.26. The predicted molar refractivity (Wildman–Crippen MR) is 110 cm³/mol. The van der Waals surface area contributed by atoms with Gasteiger partial charge in [0.25, 0.3) is 0 Å². The summed E-state index contributed by atoms with van der Waals surface area (Å²) >= 11 is 1.39. The van der Waals surface area contributed by atoms with Crippen LogP contribution in [0.15, 0.2) is 53.6 Å². The third kappa shape index (κ3) is 4.55. The van der Waals surface area contributed by atoms with Crippen LogP contribution in [-0.2, 0) is 0 Å². The molecule has 0 spiro atoms. The molecule has 0 aliphatic carbocycles. The normalized spacial score (nSPS) is 10.7. The molecule has 0 amide bonds. The van der Waals surface area contributed by atoms with Crippen molar-refractivity contribution in [2.75, 3.05) is 12.9 Å². The minimum absolute atomic E-state index is 0.0542. The number of Topliss-reactive ketones (excluding diaryl/α,β-unsaturated/α-hetero) is 1. The summed E-state index contributed by atoms with van der Waals surface area (Å²) in [7, 11) is 1.61. The van der Waals surface area contributed by atoms with E-state index in [1.807, 2.05) is 12.1 Å². The maximum atomic E-state index is 12.3. The van der Waals surface area contributed by atoms with E-state index < -0.39 is 0 Å². The minimum atomic E-state index is 0.0542. The van der Waals surface area contributed by atoms with Crippen LogP contribution in [0, 0.1) is 20.8 Å². The zero-order chi connectivity index (χ0) is 19.4. The van der Waals surface area contributed by atoms with Gasteiger partial charge in [-0.15, -0.1) is 10.2 Å². The Morgan fingerprint density at radius 3 is 2.26 bits per heavy atom. The van der Waals surface area contributed by atoms with Crippen molar-refractivity contribution in [3.63, 3.8) is 0 Å². The molecule has 0 atom stereocenters. The topological polar surface area (TPSA) is 52.1 Å². The van der Waals surface area contributed by atoms with Crippen molar-refractivity contribution in [1.29, 1.82) is 0 Å². The van der Waals surface area contributed by atoms with Crippen molar-refractivity contribution in [3.8, 4) is 17.0 Å². The molecule has 5 heteroatoms. The number of ketones is 1. The number of benzene rings is 2. The number of carbonyl (C=O) groups excluding carboxylic acids is 1. The van der Waals surface area contributed by atoms with Crippen molar-refractivity contribution in [3.05, 3.63) is 70.8 Å². The van der Waals surface area contributed by atoms with Crippen molar-refractivity contribution < 1.29 is 9.53 Å². The van der Waals surface area contributed by atoms with E-state index in [-0.39, 0.29) is 5.78 Å². The molecule has 4 nitrogen and oxygen atoms in total. The van der Waals surface area contributed by atoms with Crippen LogP contribution in [0.2, 0.25) is 0 Å². The second-order valence-corrected chi connectivity index (χ2v) is 7.44. The molecule has 0 unspecified atom stereocenters. The molecule has 0 saturated heterocycles. The number of ether oxygens (including phenoxy) is 1. The molecule has 0 bridgehead atoms. The zero-order valence-corrected chi connectivity index (χ0v) is 16.8. The lowest BCUT2D eigenvalue weighted by Crippen LogP contribution is -2.03. The molecular formula is C22H22N2O2S. The fourth-order valence-electron chi connectivity index (χ4n) is 2.78. The standard InChI is InChI=1S/C22H22N2O2S/c1-14-11-16(3)19(12-15(14)2)20-9-10-22(24-23-20)27-13-21(25)17-5-7-18(26-4)8-6-17/h5-12H,13H2,1-4H3. The van der Waals surface area contributed by atoms with E-state index in [1.165, 1.54) is 28.5 Å². The largest absolute Gasteiger partial charge is 0.497 e. The van der Waals surface area contributed by atoms with Gasteiger partial charge >= 0.3 is 0 Å². The minimum Gasteiger partial charge on any atom is -0.497 e. The van der Waals surface area contributed by atoms with Gasteiger partial charge < -0.3 is 4.74 Å². The van der Waals surface area contributed by atoms with Gasteiger partial charge in [-0.25, -0.2) is 0 Å². The highest BCUT2D eigenvalue weighted by molar-refractivity contribution is 7.99. The van der Waals surface area contributed by atoms with E-state index in [1.54, 1.807) is 31.4 Å². The maximum Gasteiger partial charge on any atom is 0.173 e. The van der Waals surface area contributed by atoms with E-state index in [4.69, 9.17) is 4.74 Å². The van der Waals surface area contributed by atoms with Crippen molar-refractivity contribution in [2.45, 2.75) is 25.8 Å². The number of nitrogens with zero attached hydrogens (tertiary/aromatic N) is 2. The van der Waals surface area contributed by atoms with E-state index in [9.17, 15) is 4.79 Å². The van der Waals surface area contributed by atoms with Gasteiger partial charge in [0.2, 0.25) is 0 Å². The number of thioether (sulfide) groups is 1. The first-order valence-corrected chi connectivity index (χ1v) is 9.68. The summed E-state index contributed by atoms with van der Waals surface area (Å²) < 4.78 is 5.11. The fraction of sp³-hybridized carbons (Fsp3) is 0.227. The molecular weight excluding hydrogens is 356 g/mol. The summed E-state index contributed by atoms with van der Waals surface area (Å²) in [5.74, 6) is 1.11. The monoisotopic (exact) mass is 378 g/mol. The van der Waals surface area contributed by atoms with E-state index >= 15 is 0 Å². The molecule has 1 heterocycles. The number of hydrogen-bond donors (Lipinski definition) is 0. The van der Waals surface area contributed by atoms with Crippen LogP contribution in [0.4, 0.5) is 0 Å². The Morgan fingerprint density at radius 1 is 0.926 bits per heavy atom. The second kappa shape index (κ2) is 8.35. The number of rotatable bonds is 6. The summed E-state index contributed by atoms with van der Waals surface area (Å²) in [4.78, 5) is 12.3. The smallest absolute Gasteiger partial charge is 0.173 e. The highest BCUT2D eigenvalue weighted by atomic mass is 32.2. The highest BCUT2D eigenvalue weighted by Gasteiger charge is 2.10. The van der Waals surface area contributed by atoms with Gasteiger partial charge in [0.15, 0.2) is 5.78 Å². The van der Waals surface area contributed by atoms with Crippen LogP contribution < -0.4 is 4.74 Å². The van der Waals surface area contributed by atoms with Gasteiger partial charge in [-0.05, 0) is 79.9 Å². The van der Waals surface area contributed by atoms with Crippen molar-refractivity contribution >= 4 is 17.5 Å². The Bertz CT molecular complexity index is 951. The first-order chi connectivity index (χ1) is 13.0. The molecule has 0 radical (unpaired) electrons. The molecule has 2 aromatic carbocycles. The molecule has 0 saturated carbocycles. The summed E-state index contributed by atoms with van der Waals surface area (Å²) in [6, 6.07) is 15.3. The van der Waals surface area contributed by atoms with Crippen molar-refractivity contribution in [2.24, 2.45) is 0 Å². The maximum absolute atomic E-state index is 12.3. The SMILES string of the molecule is COc1ccc(C(=O)CSc2ccc(-c3cc(C)c(C)cc3C)nn2)cc1. The summed E-state index contributed by atoms with van der Waals surface area (Å²) in [6.07, 6.45) is 0. The van der Waals surface area contributed by atoms with Gasteiger partial charge in [0.1, 0.15) is 10.8 Å². The van der Waals surface area contributed by atoms with E-state index in [2.05, 4.69) is 43.1 Å². The average Bonchev–Trinajstić information content (AvgIpc) is 2.69. The number of aryl methyl sites for hydroxylation is 3. The summed E-state index contributed by atoms with van der Waals surface area (Å²) in [5.41, 5.74) is 6.30. The van der Waals surface area contributed by atoms with Gasteiger partial charge in [-0.1, -0.05) is 17.8 Å². The molecule has 1 aromatic heterocycles. The van der Waals surface area contributed by atoms with Crippen LogP contribution in [-0.4, -0.2) is 28.8 Å². The number of aromatic nitrogens is 2. The van der Waals surface area contributed by atoms with Crippen LogP contribution in [0.25, 0.3) is 11.3 Å². The number of hydrogen-bond acceptors (Lipinski definition) is 5. The van der Waals surface area contributed by atoms with E-state index in [0.717, 1.165) is 22.0 Å². The lowest BCUT2D eigenvalue weighted by molar-refractivity contribution is 0.102. The Labute approximate surface area is 164 Å². The van der Waals surface area contributed by atoms with Gasteiger partial charge in [-0.3, -0.25) is 4.79 Å². The molecule has 138 valence electrons. The zero-order valence-electron chi connectivity index (χ0n) is 15.9. The van der Waals surface area contributed by atoms with Gasteiger partial charge in [0, 0.05) is 11.1 Å². The summed E-state index contributed by atoms with van der Waals surface area (Å²) in [5, 5.41) is 9.38. The van der Waals surface area contributed by atoms with Crippen LogP contribution in [0.1, 0.15) is 27.0 Å². The third-order valence-corrected chi connectivity index (χ3v) is 5.44. The van der Waals surface area contributed by atoms with E-state index in [0.29, 0.717) is 11.3 Å². The molecule has 0 fully saturated rings. The Morgan fingerprint density at radius 2 is 1.63 bits per heavy atom. The molecule has 3 rings (SSSR count). The first kappa shape index (κ1) is 19.1. The van der Waals surface area contributed by atoms with Crippen LogP contribution >= 0.6 is 11.8 Å². The molecule has 0 aliphatic heterocycles. The Kier molecular flexibility index (Phi) is 5.91. The van der Waals surface area contributed by atoms with Gasteiger partial charge in [-0.2, -0.15) is 0 Å². The Balaban J connectivity index is 1.67. The first-order valence-electron chi connectivity index (χ1n) is 8.70. The van der Waals surface area contributed by atoms with Crippen molar-refractivity contribution in [1.82, 2.24) is 10.2 Å². The molecule has 0 aliphatic rings. The number of methoxy groups -OCH3 is 1. The second-order valence-electron chi connectivity index (χ2n) is 6.45. The van der Waals surface area contributed by atoms with Crippen LogP contribution in [0.3, 0.4) is 0 Å². The van der Waals surface area contributed by atoms with Gasteiger partial charge in [0.05, 0.1) is 18.6 Å². The average molecular weight is 378 g/mol. The molecule has 0 N–H and O–H groups in total. The third-order valence-electron chi connectivity index (χ3n) is 4.52.